The molecule has 0 unspecified atom stereocenters. The number of carbonyl (C=O) groups is 1. The zero-order chi connectivity index (χ0) is 17.1. The molecular weight excluding hydrogens is 318 g/mol. The zero-order valence-corrected chi connectivity index (χ0v) is 13.8. The van der Waals surface area contributed by atoms with Crippen molar-refractivity contribution in [1.29, 1.82) is 0 Å². The van der Waals surface area contributed by atoms with Crippen LogP contribution in [-0.2, 0) is 6.54 Å². The highest BCUT2D eigenvalue weighted by atomic mass is 16.3. The lowest BCUT2D eigenvalue weighted by atomic mass is 10.2. The van der Waals surface area contributed by atoms with Gasteiger partial charge in [0.05, 0.1) is 5.69 Å². The summed E-state index contributed by atoms with van der Waals surface area (Å²) >= 11 is 0. The highest BCUT2D eigenvalue weighted by Crippen LogP contribution is 2.13. The number of pyridine rings is 1. The van der Waals surface area contributed by atoms with E-state index in [0.29, 0.717) is 18.7 Å². The second-order valence-corrected chi connectivity index (χ2v) is 6.04. The lowest BCUT2D eigenvalue weighted by Crippen LogP contribution is -2.48. The molecule has 3 aromatic rings. The normalized spacial score (nSPS) is 15.4. The van der Waals surface area contributed by atoms with Crippen LogP contribution in [0.5, 0.6) is 0 Å². The minimum absolute atomic E-state index is 0.0527. The lowest BCUT2D eigenvalue weighted by Gasteiger charge is -2.34. The second kappa shape index (κ2) is 6.90. The van der Waals surface area contributed by atoms with Crippen LogP contribution in [0.1, 0.15) is 16.1 Å². The van der Waals surface area contributed by atoms with E-state index in [1.807, 2.05) is 40.1 Å². The number of oxazole rings is 1. The number of hydrogen-bond acceptors (Lipinski definition) is 5. The Morgan fingerprint density at radius 2 is 1.92 bits per heavy atom. The average molecular weight is 337 g/mol. The van der Waals surface area contributed by atoms with E-state index >= 15 is 0 Å². The molecule has 0 spiro atoms. The molecule has 0 bridgehead atoms. The van der Waals surface area contributed by atoms with Gasteiger partial charge in [0, 0.05) is 56.9 Å². The van der Waals surface area contributed by atoms with Crippen LogP contribution in [0.25, 0.3) is 5.82 Å². The number of nitrogens with zero attached hydrogens (tertiary/aromatic N) is 5. The quantitative estimate of drug-likeness (QED) is 0.726. The van der Waals surface area contributed by atoms with Crippen molar-refractivity contribution < 1.29 is 9.21 Å². The predicted octanol–water partition coefficient (Wildman–Crippen LogP) is 1.82. The number of rotatable bonds is 4. The summed E-state index contributed by atoms with van der Waals surface area (Å²) in [5.74, 6) is 0.803. The van der Waals surface area contributed by atoms with Gasteiger partial charge in [0.2, 0.25) is 0 Å². The third-order valence-corrected chi connectivity index (χ3v) is 4.39. The van der Waals surface area contributed by atoms with Gasteiger partial charge in [-0.05, 0) is 24.3 Å². The fourth-order valence-corrected chi connectivity index (χ4v) is 3.02. The van der Waals surface area contributed by atoms with Crippen molar-refractivity contribution in [3.8, 4) is 5.82 Å². The summed E-state index contributed by atoms with van der Waals surface area (Å²) in [6.07, 6.45) is 8.63. The monoisotopic (exact) mass is 337 g/mol. The van der Waals surface area contributed by atoms with Gasteiger partial charge in [0.25, 0.3) is 5.91 Å². The van der Waals surface area contributed by atoms with E-state index in [0.717, 1.165) is 31.1 Å². The SMILES string of the molecule is O=C(c1ccnc(-n2cccc2)c1)N1CCN(Cc2cocn2)CC1. The Bertz CT molecular complexity index is 821. The Morgan fingerprint density at radius 1 is 1.12 bits per heavy atom. The Balaban J connectivity index is 1.40. The standard InChI is InChI=1S/C18H19N5O2/c24-18(15-3-4-19-17(11-15)22-5-1-2-6-22)23-9-7-21(8-10-23)12-16-13-25-14-20-16/h1-6,11,13-14H,7-10,12H2. The van der Waals surface area contributed by atoms with Crippen LogP contribution in [-0.4, -0.2) is 56.4 Å². The molecule has 0 saturated carbocycles. The number of piperazine rings is 1. The first kappa shape index (κ1) is 15.6. The van der Waals surface area contributed by atoms with Gasteiger partial charge in [0.15, 0.2) is 6.39 Å². The van der Waals surface area contributed by atoms with Crippen molar-refractivity contribution >= 4 is 5.91 Å². The average Bonchev–Trinajstić information content (AvgIpc) is 3.36. The number of carbonyl (C=O) groups excluding carboxylic acids is 1. The molecular formula is C18H19N5O2. The molecule has 0 radical (unpaired) electrons. The summed E-state index contributed by atoms with van der Waals surface area (Å²) in [4.78, 5) is 25.4. The Labute approximate surface area is 145 Å². The first-order valence-electron chi connectivity index (χ1n) is 8.28. The fraction of sp³-hybridized carbons (Fsp3) is 0.278. The van der Waals surface area contributed by atoms with Crippen molar-refractivity contribution in [3.05, 3.63) is 66.8 Å². The van der Waals surface area contributed by atoms with Crippen LogP contribution in [0.15, 0.2) is 59.9 Å². The molecule has 1 fully saturated rings. The largest absolute Gasteiger partial charge is 0.451 e. The molecule has 0 N–H and O–H groups in total. The van der Waals surface area contributed by atoms with Crippen molar-refractivity contribution in [1.82, 2.24) is 24.3 Å². The summed E-state index contributed by atoms with van der Waals surface area (Å²) in [7, 11) is 0. The Morgan fingerprint density at radius 3 is 2.64 bits per heavy atom. The van der Waals surface area contributed by atoms with Crippen LogP contribution < -0.4 is 0 Å². The molecule has 4 rings (SSSR count). The van der Waals surface area contributed by atoms with Crippen LogP contribution in [0.4, 0.5) is 0 Å². The molecule has 0 aliphatic carbocycles. The summed E-state index contributed by atoms with van der Waals surface area (Å²) in [5, 5.41) is 0. The fourth-order valence-electron chi connectivity index (χ4n) is 3.02. The van der Waals surface area contributed by atoms with Gasteiger partial charge in [0.1, 0.15) is 12.1 Å². The van der Waals surface area contributed by atoms with E-state index in [1.165, 1.54) is 6.39 Å². The molecule has 4 heterocycles. The third kappa shape index (κ3) is 3.46. The van der Waals surface area contributed by atoms with Gasteiger partial charge in [-0.25, -0.2) is 9.97 Å². The first-order chi connectivity index (χ1) is 12.3. The van der Waals surface area contributed by atoms with E-state index in [-0.39, 0.29) is 5.91 Å². The zero-order valence-electron chi connectivity index (χ0n) is 13.8. The summed E-state index contributed by atoms with van der Waals surface area (Å²) in [5.41, 5.74) is 1.59. The van der Waals surface area contributed by atoms with E-state index in [2.05, 4.69) is 14.9 Å². The minimum Gasteiger partial charge on any atom is -0.451 e. The molecule has 1 aliphatic rings. The van der Waals surface area contributed by atoms with Gasteiger partial charge in [-0.15, -0.1) is 0 Å². The number of hydrogen-bond donors (Lipinski definition) is 0. The van der Waals surface area contributed by atoms with Gasteiger partial charge in [-0.3, -0.25) is 9.69 Å². The van der Waals surface area contributed by atoms with Gasteiger partial charge >= 0.3 is 0 Å². The van der Waals surface area contributed by atoms with Crippen molar-refractivity contribution in [3.63, 3.8) is 0 Å². The molecule has 128 valence electrons. The highest BCUT2D eigenvalue weighted by Gasteiger charge is 2.23. The number of amides is 1. The van der Waals surface area contributed by atoms with Crippen LogP contribution >= 0.6 is 0 Å². The summed E-state index contributed by atoms with van der Waals surface area (Å²) < 4.78 is 6.90. The van der Waals surface area contributed by atoms with Gasteiger partial charge in [-0.2, -0.15) is 0 Å². The Kier molecular flexibility index (Phi) is 4.30. The second-order valence-electron chi connectivity index (χ2n) is 6.04. The lowest BCUT2D eigenvalue weighted by molar-refractivity contribution is 0.0627. The molecule has 0 aromatic carbocycles. The van der Waals surface area contributed by atoms with Gasteiger partial charge in [-0.1, -0.05) is 0 Å². The third-order valence-electron chi connectivity index (χ3n) is 4.39. The summed E-state index contributed by atoms with van der Waals surface area (Å²) in [6.45, 7) is 3.82. The maximum Gasteiger partial charge on any atom is 0.254 e. The van der Waals surface area contributed by atoms with E-state index in [4.69, 9.17) is 4.42 Å². The highest BCUT2D eigenvalue weighted by molar-refractivity contribution is 5.94. The molecule has 0 atom stereocenters. The smallest absolute Gasteiger partial charge is 0.254 e. The first-order valence-corrected chi connectivity index (χ1v) is 8.28. The predicted molar refractivity (Wildman–Crippen MR) is 91.2 cm³/mol. The Hall–Kier alpha value is -2.93. The van der Waals surface area contributed by atoms with Crippen molar-refractivity contribution in [2.24, 2.45) is 0 Å². The van der Waals surface area contributed by atoms with Crippen LogP contribution in [0.3, 0.4) is 0 Å². The van der Waals surface area contributed by atoms with Crippen molar-refractivity contribution in [2.75, 3.05) is 26.2 Å². The molecule has 7 heteroatoms. The minimum atomic E-state index is 0.0527. The maximum absolute atomic E-state index is 12.8. The molecule has 1 amide bonds. The van der Waals surface area contributed by atoms with E-state index in [1.54, 1.807) is 18.5 Å². The van der Waals surface area contributed by atoms with E-state index < -0.39 is 0 Å². The summed E-state index contributed by atoms with van der Waals surface area (Å²) in [6, 6.07) is 7.48. The molecule has 7 nitrogen and oxygen atoms in total. The molecule has 1 saturated heterocycles. The number of aromatic nitrogens is 3. The molecule has 3 aromatic heterocycles. The maximum atomic E-state index is 12.8. The molecule has 25 heavy (non-hydrogen) atoms. The topological polar surface area (TPSA) is 67.4 Å². The van der Waals surface area contributed by atoms with Crippen LogP contribution in [0.2, 0.25) is 0 Å². The van der Waals surface area contributed by atoms with Crippen LogP contribution in [0, 0.1) is 0 Å². The van der Waals surface area contributed by atoms with E-state index in [9.17, 15) is 4.79 Å². The van der Waals surface area contributed by atoms with Crippen molar-refractivity contribution in [2.45, 2.75) is 6.54 Å². The molecule has 1 aliphatic heterocycles. The van der Waals surface area contributed by atoms with Gasteiger partial charge < -0.3 is 13.9 Å².